The number of aryl methyl sites for hydroxylation is 2. The molecule has 0 N–H and O–H groups in total. The minimum atomic E-state index is 0.0433. The number of ether oxygens (including phenoxy) is 2. The Morgan fingerprint density at radius 3 is 2.83 bits per heavy atom. The first-order chi connectivity index (χ1) is 11.5. The smallest absolute Gasteiger partial charge is 0.266 e. The summed E-state index contributed by atoms with van der Waals surface area (Å²) in [5, 5.41) is 0.817. The van der Waals surface area contributed by atoms with E-state index in [-0.39, 0.29) is 12.0 Å². The number of hydrogen-bond acceptors (Lipinski definition) is 5. The molecule has 0 saturated carbocycles. The van der Waals surface area contributed by atoms with E-state index in [1.807, 2.05) is 49.9 Å². The third-order valence-corrected chi connectivity index (χ3v) is 5.07. The summed E-state index contributed by atoms with van der Waals surface area (Å²) in [4.78, 5) is 19.7. The SMILES string of the molecule is Cc1ccc(OCc2nc(C)c(C(=O)N3CCO[C@@H](C)C3)s2)cc1. The lowest BCUT2D eigenvalue weighted by atomic mass is 10.2. The second-order valence-corrected chi connectivity index (χ2v) is 7.14. The number of nitrogens with zero attached hydrogens (tertiary/aromatic N) is 2. The third-order valence-electron chi connectivity index (χ3n) is 3.95. The first-order valence-corrected chi connectivity index (χ1v) is 8.91. The normalized spacial score (nSPS) is 17.8. The summed E-state index contributed by atoms with van der Waals surface area (Å²) in [5.41, 5.74) is 1.96. The maximum Gasteiger partial charge on any atom is 0.266 e. The molecule has 128 valence electrons. The summed E-state index contributed by atoms with van der Waals surface area (Å²) < 4.78 is 11.3. The maximum atomic E-state index is 12.7. The third kappa shape index (κ3) is 3.94. The highest BCUT2D eigenvalue weighted by Crippen LogP contribution is 2.23. The van der Waals surface area contributed by atoms with Crippen molar-refractivity contribution in [2.45, 2.75) is 33.5 Å². The van der Waals surface area contributed by atoms with Gasteiger partial charge in [0, 0.05) is 13.1 Å². The van der Waals surface area contributed by atoms with E-state index in [1.165, 1.54) is 16.9 Å². The number of hydrogen-bond donors (Lipinski definition) is 0. The minimum absolute atomic E-state index is 0.0433. The molecule has 1 saturated heterocycles. The molecule has 0 unspecified atom stereocenters. The van der Waals surface area contributed by atoms with Gasteiger partial charge in [-0.3, -0.25) is 4.79 Å². The van der Waals surface area contributed by atoms with E-state index in [1.54, 1.807) is 0 Å². The number of carbonyl (C=O) groups excluding carboxylic acids is 1. The van der Waals surface area contributed by atoms with E-state index >= 15 is 0 Å². The van der Waals surface area contributed by atoms with Gasteiger partial charge >= 0.3 is 0 Å². The van der Waals surface area contributed by atoms with Gasteiger partial charge in [0.2, 0.25) is 0 Å². The van der Waals surface area contributed by atoms with Crippen LogP contribution >= 0.6 is 11.3 Å². The molecule has 1 aliphatic rings. The summed E-state index contributed by atoms with van der Waals surface area (Å²) in [6.45, 7) is 8.14. The predicted octanol–water partition coefficient (Wildman–Crippen LogP) is 3.20. The Labute approximate surface area is 146 Å². The topological polar surface area (TPSA) is 51.7 Å². The molecule has 1 aromatic carbocycles. The van der Waals surface area contributed by atoms with Crippen molar-refractivity contribution in [3.63, 3.8) is 0 Å². The van der Waals surface area contributed by atoms with E-state index in [9.17, 15) is 4.79 Å². The zero-order valence-electron chi connectivity index (χ0n) is 14.2. The number of rotatable bonds is 4. The molecule has 0 bridgehead atoms. The first kappa shape index (κ1) is 16.9. The highest BCUT2D eigenvalue weighted by Gasteiger charge is 2.25. The second kappa shape index (κ2) is 7.32. The van der Waals surface area contributed by atoms with Crippen LogP contribution in [0.1, 0.15) is 32.9 Å². The van der Waals surface area contributed by atoms with Crippen LogP contribution in [0.2, 0.25) is 0 Å². The molecule has 0 radical (unpaired) electrons. The lowest BCUT2D eigenvalue weighted by molar-refractivity contribution is -0.0122. The van der Waals surface area contributed by atoms with E-state index in [4.69, 9.17) is 9.47 Å². The molecular formula is C18H22N2O3S. The molecule has 3 rings (SSSR count). The van der Waals surface area contributed by atoms with Crippen molar-refractivity contribution < 1.29 is 14.3 Å². The Balaban J connectivity index is 1.66. The van der Waals surface area contributed by atoms with Gasteiger partial charge < -0.3 is 14.4 Å². The highest BCUT2D eigenvalue weighted by atomic mass is 32.1. The Hall–Kier alpha value is -1.92. The van der Waals surface area contributed by atoms with Crippen molar-refractivity contribution in [3.8, 4) is 5.75 Å². The number of aromatic nitrogens is 1. The number of carbonyl (C=O) groups is 1. The molecule has 2 heterocycles. The fourth-order valence-electron chi connectivity index (χ4n) is 2.64. The van der Waals surface area contributed by atoms with Gasteiger partial charge in [0.05, 0.1) is 18.4 Å². The van der Waals surface area contributed by atoms with Gasteiger partial charge in [0.1, 0.15) is 22.2 Å². The average Bonchev–Trinajstić information content (AvgIpc) is 2.94. The number of amides is 1. The Morgan fingerprint density at radius 2 is 2.12 bits per heavy atom. The number of morpholine rings is 1. The Morgan fingerprint density at radius 1 is 1.38 bits per heavy atom. The molecule has 1 aliphatic heterocycles. The lowest BCUT2D eigenvalue weighted by Gasteiger charge is -2.30. The summed E-state index contributed by atoms with van der Waals surface area (Å²) in [7, 11) is 0. The van der Waals surface area contributed by atoms with E-state index in [0.717, 1.165) is 16.5 Å². The molecule has 1 aromatic heterocycles. The molecule has 1 fully saturated rings. The molecule has 1 atom stereocenters. The minimum Gasteiger partial charge on any atom is -0.486 e. The van der Waals surface area contributed by atoms with Crippen LogP contribution in [0.5, 0.6) is 5.75 Å². The molecule has 24 heavy (non-hydrogen) atoms. The van der Waals surface area contributed by atoms with Gasteiger partial charge in [0.25, 0.3) is 5.91 Å². The lowest BCUT2D eigenvalue weighted by Crippen LogP contribution is -2.44. The summed E-state index contributed by atoms with van der Waals surface area (Å²) in [6, 6.07) is 7.90. The summed E-state index contributed by atoms with van der Waals surface area (Å²) in [6.07, 6.45) is 0.0836. The van der Waals surface area contributed by atoms with E-state index in [0.29, 0.717) is 31.2 Å². The van der Waals surface area contributed by atoms with Crippen LogP contribution < -0.4 is 4.74 Å². The predicted molar refractivity (Wildman–Crippen MR) is 93.7 cm³/mol. The fraction of sp³-hybridized carbons (Fsp3) is 0.444. The van der Waals surface area contributed by atoms with Gasteiger partial charge in [-0.25, -0.2) is 4.98 Å². The quantitative estimate of drug-likeness (QED) is 0.853. The van der Waals surface area contributed by atoms with Crippen LogP contribution in [-0.2, 0) is 11.3 Å². The van der Waals surface area contributed by atoms with Gasteiger partial charge in [-0.05, 0) is 32.9 Å². The van der Waals surface area contributed by atoms with Gasteiger partial charge in [-0.2, -0.15) is 0 Å². The Bertz CT molecular complexity index is 712. The molecule has 1 amide bonds. The van der Waals surface area contributed by atoms with Gasteiger partial charge in [0.15, 0.2) is 0 Å². The summed E-state index contributed by atoms with van der Waals surface area (Å²) >= 11 is 1.42. The van der Waals surface area contributed by atoms with Crippen LogP contribution in [0.15, 0.2) is 24.3 Å². The van der Waals surface area contributed by atoms with E-state index < -0.39 is 0 Å². The number of benzene rings is 1. The second-order valence-electron chi connectivity index (χ2n) is 6.06. The first-order valence-electron chi connectivity index (χ1n) is 8.09. The van der Waals surface area contributed by atoms with Crippen LogP contribution in [0.4, 0.5) is 0 Å². The van der Waals surface area contributed by atoms with Crippen molar-refractivity contribution in [2.75, 3.05) is 19.7 Å². The highest BCUT2D eigenvalue weighted by molar-refractivity contribution is 7.13. The maximum absolute atomic E-state index is 12.7. The van der Waals surface area contributed by atoms with Crippen molar-refractivity contribution in [1.29, 1.82) is 0 Å². The van der Waals surface area contributed by atoms with Crippen molar-refractivity contribution in [1.82, 2.24) is 9.88 Å². The van der Waals surface area contributed by atoms with Crippen molar-refractivity contribution in [2.24, 2.45) is 0 Å². The van der Waals surface area contributed by atoms with Crippen molar-refractivity contribution in [3.05, 3.63) is 45.4 Å². The molecule has 6 heteroatoms. The zero-order valence-corrected chi connectivity index (χ0v) is 15.1. The van der Waals surface area contributed by atoms with Gasteiger partial charge in [-0.1, -0.05) is 17.7 Å². The molecule has 0 aliphatic carbocycles. The molecule has 5 nitrogen and oxygen atoms in total. The van der Waals surface area contributed by atoms with Crippen LogP contribution in [0.25, 0.3) is 0 Å². The van der Waals surface area contributed by atoms with Crippen molar-refractivity contribution >= 4 is 17.2 Å². The monoisotopic (exact) mass is 346 g/mol. The largest absolute Gasteiger partial charge is 0.486 e. The van der Waals surface area contributed by atoms with Crippen LogP contribution in [0, 0.1) is 13.8 Å². The van der Waals surface area contributed by atoms with Gasteiger partial charge in [-0.15, -0.1) is 11.3 Å². The average molecular weight is 346 g/mol. The Kier molecular flexibility index (Phi) is 5.16. The standard InChI is InChI=1S/C18H22N2O3S/c1-12-4-6-15(7-5-12)23-11-16-19-14(3)17(24-16)18(21)20-8-9-22-13(2)10-20/h4-7,13H,8-11H2,1-3H3/t13-/m0/s1. The van der Waals surface area contributed by atoms with Crippen LogP contribution in [0.3, 0.4) is 0 Å². The zero-order chi connectivity index (χ0) is 17.1. The fourth-order valence-corrected chi connectivity index (χ4v) is 3.58. The van der Waals surface area contributed by atoms with Crippen LogP contribution in [-0.4, -0.2) is 41.6 Å². The van der Waals surface area contributed by atoms with E-state index in [2.05, 4.69) is 4.98 Å². The molecular weight excluding hydrogens is 324 g/mol. The number of thiazole rings is 1. The molecule has 0 spiro atoms. The molecule has 2 aromatic rings. The summed E-state index contributed by atoms with van der Waals surface area (Å²) in [5.74, 6) is 0.852.